The van der Waals surface area contributed by atoms with Crippen molar-refractivity contribution in [2.24, 2.45) is 11.8 Å². The Bertz CT molecular complexity index is 1100. The lowest BCUT2D eigenvalue weighted by Crippen LogP contribution is -2.42. The van der Waals surface area contributed by atoms with Crippen LogP contribution in [-0.2, 0) is 9.59 Å². The number of aromatic nitrogens is 2. The Balaban J connectivity index is 1.91. The highest BCUT2D eigenvalue weighted by molar-refractivity contribution is 5.94. The van der Waals surface area contributed by atoms with E-state index in [0.717, 1.165) is 22.5 Å². The molecule has 6 nitrogen and oxygen atoms in total. The first-order valence-electron chi connectivity index (χ1n) is 11.5. The molecule has 0 atom stereocenters. The second kappa shape index (κ2) is 10.5. The van der Waals surface area contributed by atoms with Crippen LogP contribution in [0.15, 0.2) is 54.7 Å². The predicted molar refractivity (Wildman–Crippen MR) is 133 cm³/mol. The number of nitrogens with one attached hydrogen (secondary N) is 1. The second-order valence-electron chi connectivity index (χ2n) is 9.34. The van der Waals surface area contributed by atoms with Crippen LogP contribution in [-0.4, -0.2) is 39.4 Å². The fourth-order valence-corrected chi connectivity index (χ4v) is 3.61. The number of amides is 2. The molecule has 0 bridgehead atoms. The molecule has 1 N–H and O–H groups in total. The van der Waals surface area contributed by atoms with Crippen molar-refractivity contribution in [3.8, 4) is 16.9 Å². The summed E-state index contributed by atoms with van der Waals surface area (Å²) in [6, 6.07) is 16.2. The van der Waals surface area contributed by atoms with Crippen LogP contribution >= 0.6 is 0 Å². The van der Waals surface area contributed by atoms with Gasteiger partial charge in [-0.25, -0.2) is 4.98 Å². The molecule has 33 heavy (non-hydrogen) atoms. The molecule has 1 aromatic heterocycles. The summed E-state index contributed by atoms with van der Waals surface area (Å²) in [7, 11) is 0. The van der Waals surface area contributed by atoms with E-state index in [2.05, 4.69) is 5.32 Å². The highest BCUT2D eigenvalue weighted by atomic mass is 16.2. The summed E-state index contributed by atoms with van der Waals surface area (Å²) >= 11 is 0. The van der Waals surface area contributed by atoms with Crippen LogP contribution in [0, 0.1) is 25.7 Å². The van der Waals surface area contributed by atoms with Gasteiger partial charge in [-0.2, -0.15) is 0 Å². The highest BCUT2D eigenvalue weighted by Gasteiger charge is 2.22. The molecule has 2 amide bonds. The summed E-state index contributed by atoms with van der Waals surface area (Å²) in [5, 5.41) is 2.94. The Hall–Kier alpha value is -3.41. The summed E-state index contributed by atoms with van der Waals surface area (Å²) in [5.41, 5.74) is 4.96. The van der Waals surface area contributed by atoms with E-state index in [1.54, 1.807) is 4.90 Å². The first-order chi connectivity index (χ1) is 15.6. The van der Waals surface area contributed by atoms with Crippen molar-refractivity contribution in [1.82, 2.24) is 14.5 Å². The molecule has 2 aromatic carbocycles. The SMILES string of the molecule is Cc1ccc(-c2cn(-c3ccc(C)cc3)c(NC(=O)CN(CC(C)C)C(=O)C(C)C)n2)cc1. The van der Waals surface area contributed by atoms with E-state index in [-0.39, 0.29) is 30.2 Å². The van der Waals surface area contributed by atoms with Gasteiger partial charge >= 0.3 is 0 Å². The van der Waals surface area contributed by atoms with Crippen molar-refractivity contribution in [2.45, 2.75) is 41.5 Å². The minimum Gasteiger partial charge on any atom is -0.333 e. The first kappa shape index (κ1) is 24.2. The summed E-state index contributed by atoms with van der Waals surface area (Å²) in [6.45, 7) is 12.4. The van der Waals surface area contributed by atoms with E-state index in [0.29, 0.717) is 12.5 Å². The third kappa shape index (κ3) is 6.31. The van der Waals surface area contributed by atoms with Crippen molar-refractivity contribution >= 4 is 17.8 Å². The Labute approximate surface area is 196 Å². The molecule has 0 radical (unpaired) electrons. The lowest BCUT2D eigenvalue weighted by atomic mass is 10.1. The lowest BCUT2D eigenvalue weighted by molar-refractivity contribution is -0.138. The van der Waals surface area contributed by atoms with Crippen molar-refractivity contribution < 1.29 is 9.59 Å². The van der Waals surface area contributed by atoms with E-state index in [1.807, 2.05) is 101 Å². The van der Waals surface area contributed by atoms with Gasteiger partial charge in [-0.15, -0.1) is 0 Å². The largest absolute Gasteiger partial charge is 0.333 e. The second-order valence-corrected chi connectivity index (χ2v) is 9.34. The van der Waals surface area contributed by atoms with Crippen LogP contribution in [0.3, 0.4) is 0 Å². The standard InChI is InChI=1S/C27H34N4O2/c1-18(2)15-30(26(33)19(3)4)17-25(32)29-27-28-24(22-11-7-20(5)8-12-22)16-31(27)23-13-9-21(6)10-14-23/h7-14,16,18-19H,15,17H2,1-6H3,(H,28,29,32). The zero-order valence-electron chi connectivity index (χ0n) is 20.4. The van der Waals surface area contributed by atoms with Crippen molar-refractivity contribution in [2.75, 3.05) is 18.4 Å². The molecule has 6 heteroatoms. The molecule has 3 aromatic rings. The van der Waals surface area contributed by atoms with Gasteiger partial charge in [0, 0.05) is 29.9 Å². The summed E-state index contributed by atoms with van der Waals surface area (Å²) in [5.74, 6) is 0.239. The fraction of sp³-hybridized carbons (Fsp3) is 0.370. The van der Waals surface area contributed by atoms with E-state index < -0.39 is 0 Å². The Kier molecular flexibility index (Phi) is 7.69. The average Bonchev–Trinajstić information content (AvgIpc) is 3.16. The molecule has 0 aliphatic rings. The summed E-state index contributed by atoms with van der Waals surface area (Å²) in [6.07, 6.45) is 1.93. The van der Waals surface area contributed by atoms with Crippen molar-refractivity contribution in [3.05, 3.63) is 65.9 Å². The number of aryl methyl sites for hydroxylation is 2. The van der Waals surface area contributed by atoms with E-state index in [4.69, 9.17) is 4.98 Å². The monoisotopic (exact) mass is 446 g/mol. The maximum atomic E-state index is 13.0. The topological polar surface area (TPSA) is 67.2 Å². The highest BCUT2D eigenvalue weighted by Crippen LogP contribution is 2.25. The normalized spacial score (nSPS) is 11.2. The molecule has 0 aliphatic heterocycles. The van der Waals surface area contributed by atoms with Gasteiger partial charge in [0.2, 0.25) is 17.8 Å². The average molecular weight is 447 g/mol. The number of carbonyl (C=O) groups is 2. The van der Waals surface area contributed by atoms with Gasteiger partial charge < -0.3 is 4.90 Å². The van der Waals surface area contributed by atoms with E-state index in [1.165, 1.54) is 5.56 Å². The van der Waals surface area contributed by atoms with Gasteiger partial charge in [-0.05, 0) is 31.9 Å². The quantitative estimate of drug-likeness (QED) is 0.515. The molecular weight excluding hydrogens is 412 g/mol. The number of nitrogens with zero attached hydrogens (tertiary/aromatic N) is 3. The lowest BCUT2D eigenvalue weighted by Gasteiger charge is -2.25. The molecule has 174 valence electrons. The molecular formula is C27H34N4O2. The smallest absolute Gasteiger partial charge is 0.246 e. The van der Waals surface area contributed by atoms with Gasteiger partial charge in [0.05, 0.1) is 12.2 Å². The Morgan fingerprint density at radius 3 is 2.06 bits per heavy atom. The fourth-order valence-electron chi connectivity index (χ4n) is 3.61. The minimum atomic E-state index is -0.265. The number of anilines is 1. The van der Waals surface area contributed by atoms with E-state index >= 15 is 0 Å². The molecule has 0 spiro atoms. The third-order valence-corrected chi connectivity index (χ3v) is 5.34. The van der Waals surface area contributed by atoms with Gasteiger partial charge in [0.25, 0.3) is 0 Å². The molecule has 0 aliphatic carbocycles. The maximum Gasteiger partial charge on any atom is 0.246 e. The third-order valence-electron chi connectivity index (χ3n) is 5.34. The van der Waals surface area contributed by atoms with Crippen LogP contribution < -0.4 is 5.32 Å². The molecule has 0 saturated carbocycles. The first-order valence-corrected chi connectivity index (χ1v) is 11.5. The van der Waals surface area contributed by atoms with Gasteiger partial charge in [-0.3, -0.25) is 19.5 Å². The van der Waals surface area contributed by atoms with Crippen LogP contribution in [0.25, 0.3) is 16.9 Å². The number of hydrogen-bond donors (Lipinski definition) is 1. The van der Waals surface area contributed by atoms with Crippen molar-refractivity contribution in [3.63, 3.8) is 0 Å². The van der Waals surface area contributed by atoms with Crippen LogP contribution in [0.1, 0.15) is 38.8 Å². The molecule has 0 saturated heterocycles. The zero-order chi connectivity index (χ0) is 24.1. The number of benzene rings is 2. The predicted octanol–water partition coefficient (Wildman–Crippen LogP) is 5.24. The molecule has 3 rings (SSSR count). The molecule has 1 heterocycles. The number of hydrogen-bond acceptors (Lipinski definition) is 3. The van der Waals surface area contributed by atoms with Crippen LogP contribution in [0.4, 0.5) is 5.95 Å². The Morgan fingerprint density at radius 1 is 0.939 bits per heavy atom. The number of rotatable bonds is 8. The van der Waals surface area contributed by atoms with Crippen LogP contribution in [0.5, 0.6) is 0 Å². The zero-order valence-corrected chi connectivity index (χ0v) is 20.4. The van der Waals surface area contributed by atoms with Gasteiger partial charge in [0.1, 0.15) is 0 Å². The molecule has 0 unspecified atom stereocenters. The number of carbonyl (C=O) groups excluding carboxylic acids is 2. The number of imidazole rings is 1. The van der Waals surface area contributed by atoms with Crippen molar-refractivity contribution in [1.29, 1.82) is 0 Å². The maximum absolute atomic E-state index is 13.0. The Morgan fingerprint density at radius 2 is 1.52 bits per heavy atom. The summed E-state index contributed by atoms with van der Waals surface area (Å²) < 4.78 is 1.88. The van der Waals surface area contributed by atoms with E-state index in [9.17, 15) is 9.59 Å². The van der Waals surface area contributed by atoms with Gasteiger partial charge in [-0.1, -0.05) is 75.2 Å². The minimum absolute atomic E-state index is 0.00415. The molecule has 0 fully saturated rings. The summed E-state index contributed by atoms with van der Waals surface area (Å²) in [4.78, 5) is 32.0. The van der Waals surface area contributed by atoms with Gasteiger partial charge in [0.15, 0.2) is 0 Å². The van der Waals surface area contributed by atoms with Crippen LogP contribution in [0.2, 0.25) is 0 Å².